The van der Waals surface area contributed by atoms with Crippen molar-refractivity contribution >= 4 is 11.6 Å². The van der Waals surface area contributed by atoms with Gasteiger partial charge in [0.15, 0.2) is 0 Å². The SMILES string of the molecule is Clc1cccc(-c2cccc(-c3cccc(-c4ccc5c(c4)C4(CCCCC4)c4ccccc4-5)c3)c2)c1. The van der Waals surface area contributed by atoms with Gasteiger partial charge in [-0.25, -0.2) is 0 Å². The average molecular weight is 497 g/mol. The van der Waals surface area contributed by atoms with Crippen molar-refractivity contribution in [2.45, 2.75) is 37.5 Å². The monoisotopic (exact) mass is 496 g/mol. The minimum Gasteiger partial charge on any atom is -0.0843 e. The summed E-state index contributed by atoms with van der Waals surface area (Å²) in [4.78, 5) is 0. The van der Waals surface area contributed by atoms with Gasteiger partial charge >= 0.3 is 0 Å². The van der Waals surface area contributed by atoms with Crippen LogP contribution in [0.5, 0.6) is 0 Å². The third-order valence-electron chi connectivity index (χ3n) is 8.52. The first-order valence-electron chi connectivity index (χ1n) is 13.4. The third kappa shape index (κ3) is 3.83. The molecular weight excluding hydrogens is 468 g/mol. The van der Waals surface area contributed by atoms with Crippen LogP contribution in [0.4, 0.5) is 0 Å². The van der Waals surface area contributed by atoms with Crippen LogP contribution in [0, 0.1) is 0 Å². The molecule has 0 aromatic heterocycles. The summed E-state index contributed by atoms with van der Waals surface area (Å²) < 4.78 is 0. The van der Waals surface area contributed by atoms with Gasteiger partial charge < -0.3 is 0 Å². The van der Waals surface area contributed by atoms with E-state index in [0.717, 1.165) is 10.6 Å². The van der Waals surface area contributed by atoms with Gasteiger partial charge in [-0.15, -0.1) is 0 Å². The van der Waals surface area contributed by atoms with Gasteiger partial charge in [-0.2, -0.15) is 0 Å². The highest BCUT2D eigenvalue weighted by atomic mass is 35.5. The van der Waals surface area contributed by atoms with Gasteiger partial charge in [-0.3, -0.25) is 0 Å². The van der Waals surface area contributed by atoms with Crippen LogP contribution < -0.4 is 0 Å². The Bertz CT molecular complexity index is 1620. The molecule has 0 atom stereocenters. The van der Waals surface area contributed by atoms with E-state index in [4.69, 9.17) is 11.6 Å². The normalized spacial score (nSPS) is 15.4. The molecule has 37 heavy (non-hydrogen) atoms. The molecule has 0 saturated heterocycles. The number of rotatable bonds is 3. The van der Waals surface area contributed by atoms with Crippen molar-refractivity contribution in [2.24, 2.45) is 0 Å². The molecule has 0 heterocycles. The maximum Gasteiger partial charge on any atom is 0.0412 e. The van der Waals surface area contributed by atoms with Gasteiger partial charge in [0.1, 0.15) is 0 Å². The van der Waals surface area contributed by atoms with Crippen LogP contribution in [-0.4, -0.2) is 0 Å². The van der Waals surface area contributed by atoms with E-state index in [2.05, 4.69) is 97.1 Å². The Morgan fingerprint density at radius 2 is 0.973 bits per heavy atom. The second-order valence-electron chi connectivity index (χ2n) is 10.6. The van der Waals surface area contributed by atoms with E-state index in [0.29, 0.717) is 0 Å². The molecule has 1 saturated carbocycles. The molecule has 0 bridgehead atoms. The minimum absolute atomic E-state index is 0.184. The maximum absolute atomic E-state index is 6.26. The second kappa shape index (κ2) is 9.05. The largest absolute Gasteiger partial charge is 0.0843 e. The Kier molecular flexibility index (Phi) is 5.52. The number of fused-ring (bicyclic) bond motifs is 5. The number of halogens is 1. The van der Waals surface area contributed by atoms with E-state index in [1.54, 1.807) is 11.1 Å². The molecule has 180 valence electrons. The fraction of sp³-hybridized carbons (Fsp3) is 0.167. The number of hydrogen-bond acceptors (Lipinski definition) is 0. The molecule has 1 fully saturated rings. The van der Waals surface area contributed by atoms with Gasteiger partial charge in [0.25, 0.3) is 0 Å². The smallest absolute Gasteiger partial charge is 0.0412 e. The summed E-state index contributed by atoms with van der Waals surface area (Å²) >= 11 is 6.26. The Balaban J connectivity index is 1.29. The van der Waals surface area contributed by atoms with Crippen molar-refractivity contribution in [2.75, 3.05) is 0 Å². The van der Waals surface area contributed by atoms with E-state index < -0.39 is 0 Å². The fourth-order valence-electron chi connectivity index (χ4n) is 6.75. The molecule has 0 amide bonds. The molecule has 5 aromatic rings. The van der Waals surface area contributed by atoms with E-state index >= 15 is 0 Å². The Hall–Kier alpha value is -3.61. The molecule has 7 rings (SSSR count). The highest BCUT2D eigenvalue weighted by Gasteiger charge is 2.43. The molecule has 1 heteroatoms. The summed E-state index contributed by atoms with van der Waals surface area (Å²) in [7, 11) is 0. The predicted octanol–water partition coefficient (Wildman–Crippen LogP) is 10.6. The molecule has 5 aromatic carbocycles. The Morgan fingerprint density at radius 1 is 0.432 bits per heavy atom. The Morgan fingerprint density at radius 3 is 1.62 bits per heavy atom. The predicted molar refractivity (Wildman–Crippen MR) is 157 cm³/mol. The molecule has 2 aliphatic carbocycles. The summed E-state index contributed by atoms with van der Waals surface area (Å²) in [5, 5.41) is 0.763. The summed E-state index contributed by atoms with van der Waals surface area (Å²) in [6.07, 6.45) is 6.51. The van der Waals surface area contributed by atoms with Gasteiger partial charge in [0.2, 0.25) is 0 Å². The molecule has 1 spiro atoms. The molecule has 0 radical (unpaired) electrons. The van der Waals surface area contributed by atoms with Crippen molar-refractivity contribution < 1.29 is 0 Å². The standard InChI is InChI=1S/C36H29Cl/c37-31-14-8-13-29(23-31)27-11-6-9-25(21-27)26-10-7-12-28(22-26)30-17-18-33-32-15-2-3-16-34(32)36(35(33)24-30)19-4-1-5-20-36/h2-3,6-18,21-24H,1,4-5,19-20H2. The quantitative estimate of drug-likeness (QED) is 0.233. The van der Waals surface area contributed by atoms with Crippen LogP contribution in [0.3, 0.4) is 0 Å². The lowest BCUT2D eigenvalue weighted by molar-refractivity contribution is 0.353. The number of hydrogen-bond donors (Lipinski definition) is 0. The summed E-state index contributed by atoms with van der Waals surface area (Å²) in [6, 6.07) is 42.1. The first-order valence-corrected chi connectivity index (χ1v) is 13.8. The van der Waals surface area contributed by atoms with Crippen molar-refractivity contribution in [3.63, 3.8) is 0 Å². The van der Waals surface area contributed by atoms with Crippen LogP contribution >= 0.6 is 11.6 Å². The fourth-order valence-corrected chi connectivity index (χ4v) is 6.94. The lowest BCUT2D eigenvalue weighted by atomic mass is 9.67. The van der Waals surface area contributed by atoms with Crippen LogP contribution in [-0.2, 0) is 5.41 Å². The summed E-state index contributed by atoms with van der Waals surface area (Å²) in [5.74, 6) is 0. The Labute approximate surface area is 224 Å². The molecule has 0 aliphatic heterocycles. The third-order valence-corrected chi connectivity index (χ3v) is 8.76. The molecule has 0 unspecified atom stereocenters. The van der Waals surface area contributed by atoms with Crippen molar-refractivity contribution in [3.05, 3.63) is 131 Å². The van der Waals surface area contributed by atoms with Crippen molar-refractivity contribution in [3.8, 4) is 44.5 Å². The van der Waals surface area contributed by atoms with E-state index in [1.807, 2.05) is 18.2 Å². The van der Waals surface area contributed by atoms with Crippen LogP contribution in [0.25, 0.3) is 44.5 Å². The maximum atomic E-state index is 6.26. The van der Waals surface area contributed by atoms with Crippen LogP contribution in [0.15, 0.2) is 115 Å². The van der Waals surface area contributed by atoms with Gasteiger partial charge in [-0.1, -0.05) is 116 Å². The van der Waals surface area contributed by atoms with Gasteiger partial charge in [0.05, 0.1) is 0 Å². The first-order chi connectivity index (χ1) is 18.2. The molecule has 0 nitrogen and oxygen atoms in total. The highest BCUT2D eigenvalue weighted by molar-refractivity contribution is 6.30. The van der Waals surface area contributed by atoms with E-state index in [9.17, 15) is 0 Å². The molecule has 0 N–H and O–H groups in total. The molecular formula is C36H29Cl. The summed E-state index contributed by atoms with van der Waals surface area (Å²) in [6.45, 7) is 0. The topological polar surface area (TPSA) is 0 Å². The van der Waals surface area contributed by atoms with Gasteiger partial charge in [-0.05, 0) is 98.8 Å². The zero-order chi connectivity index (χ0) is 24.8. The van der Waals surface area contributed by atoms with Crippen LogP contribution in [0.1, 0.15) is 43.2 Å². The second-order valence-corrected chi connectivity index (χ2v) is 11.1. The van der Waals surface area contributed by atoms with Crippen molar-refractivity contribution in [1.82, 2.24) is 0 Å². The van der Waals surface area contributed by atoms with Crippen LogP contribution in [0.2, 0.25) is 5.02 Å². The zero-order valence-corrected chi connectivity index (χ0v) is 21.6. The van der Waals surface area contributed by atoms with Crippen molar-refractivity contribution in [1.29, 1.82) is 0 Å². The molecule has 2 aliphatic rings. The average Bonchev–Trinajstić information content (AvgIpc) is 3.22. The zero-order valence-electron chi connectivity index (χ0n) is 20.9. The summed E-state index contributed by atoms with van der Waals surface area (Å²) in [5.41, 5.74) is 13.5. The minimum atomic E-state index is 0.184. The lowest BCUT2D eigenvalue weighted by Gasteiger charge is -2.36. The lowest BCUT2D eigenvalue weighted by Crippen LogP contribution is -2.28. The first kappa shape index (κ1) is 22.6. The number of benzene rings is 5. The van der Waals surface area contributed by atoms with E-state index in [-0.39, 0.29) is 5.41 Å². The van der Waals surface area contributed by atoms with Gasteiger partial charge in [0, 0.05) is 10.4 Å². The highest BCUT2D eigenvalue weighted by Crippen LogP contribution is 2.56. The van der Waals surface area contributed by atoms with E-state index in [1.165, 1.54) is 71.0 Å².